The Bertz CT molecular complexity index is 891. The number of aromatic amines is 1. The Hall–Kier alpha value is -2.80. The highest BCUT2D eigenvalue weighted by molar-refractivity contribution is 5.52. The molecule has 3 aromatic rings. The number of piperidine rings is 1. The number of imidazole rings is 1. The Morgan fingerprint density at radius 3 is 2.89 bits per heavy atom. The number of H-pyrrole nitrogens is 1. The Morgan fingerprint density at radius 1 is 1.15 bits per heavy atom. The van der Waals surface area contributed by atoms with Crippen molar-refractivity contribution in [3.63, 3.8) is 0 Å². The second-order valence-corrected chi connectivity index (χ2v) is 7.15. The maximum Gasteiger partial charge on any atom is 0.135 e. The summed E-state index contributed by atoms with van der Waals surface area (Å²) in [7, 11) is 0. The van der Waals surface area contributed by atoms with Crippen LogP contribution >= 0.6 is 0 Å². The van der Waals surface area contributed by atoms with Crippen LogP contribution in [0.2, 0.25) is 0 Å². The van der Waals surface area contributed by atoms with Gasteiger partial charge in [-0.15, -0.1) is 0 Å². The van der Waals surface area contributed by atoms with Crippen LogP contribution in [0.1, 0.15) is 41.8 Å². The molecule has 140 valence electrons. The standard InChI is InChI=1S/C20H25N7/c1-14-5-3-7-17(23-14)25-18-11-15(2)24-20(26-18)16-6-4-10-27(12-16)13-19-21-8-9-22-19/h3,5,7-9,11,16H,4,6,10,12-13H2,1-2H3,(H,21,22)(H,23,24,25,26)/t16-/m1/s1. The van der Waals surface area contributed by atoms with Crippen LogP contribution in [0.4, 0.5) is 11.6 Å². The number of rotatable bonds is 5. The highest BCUT2D eigenvalue weighted by atomic mass is 15.2. The van der Waals surface area contributed by atoms with Crippen LogP contribution in [0.3, 0.4) is 0 Å². The summed E-state index contributed by atoms with van der Waals surface area (Å²) in [5.41, 5.74) is 1.95. The molecule has 0 amide bonds. The first kappa shape index (κ1) is 17.6. The molecule has 4 heterocycles. The zero-order valence-corrected chi connectivity index (χ0v) is 15.8. The highest BCUT2D eigenvalue weighted by Gasteiger charge is 2.24. The normalized spacial score (nSPS) is 17.8. The lowest BCUT2D eigenvalue weighted by atomic mass is 9.97. The molecule has 1 fully saturated rings. The van der Waals surface area contributed by atoms with E-state index in [1.165, 1.54) is 0 Å². The van der Waals surface area contributed by atoms with Gasteiger partial charge in [0.05, 0.1) is 6.54 Å². The van der Waals surface area contributed by atoms with Crippen molar-refractivity contribution in [2.75, 3.05) is 18.4 Å². The first-order valence-electron chi connectivity index (χ1n) is 9.42. The van der Waals surface area contributed by atoms with Crippen LogP contribution < -0.4 is 5.32 Å². The molecule has 1 aliphatic heterocycles. The van der Waals surface area contributed by atoms with Gasteiger partial charge in [0.1, 0.15) is 23.3 Å². The first-order valence-corrected chi connectivity index (χ1v) is 9.42. The van der Waals surface area contributed by atoms with Gasteiger partial charge in [-0.05, 0) is 45.4 Å². The molecule has 7 heteroatoms. The summed E-state index contributed by atoms with van der Waals surface area (Å²) in [6.07, 6.45) is 5.93. The van der Waals surface area contributed by atoms with Crippen molar-refractivity contribution in [3.8, 4) is 0 Å². The predicted molar refractivity (Wildman–Crippen MR) is 105 cm³/mol. The van der Waals surface area contributed by atoms with E-state index in [9.17, 15) is 0 Å². The maximum absolute atomic E-state index is 4.80. The maximum atomic E-state index is 4.80. The minimum Gasteiger partial charge on any atom is -0.348 e. The molecule has 1 aliphatic rings. The van der Waals surface area contributed by atoms with Crippen LogP contribution in [-0.2, 0) is 6.54 Å². The van der Waals surface area contributed by atoms with Crippen molar-refractivity contribution in [1.82, 2.24) is 29.8 Å². The fraction of sp³-hybridized carbons (Fsp3) is 0.400. The third-order valence-electron chi connectivity index (χ3n) is 4.81. The van der Waals surface area contributed by atoms with Gasteiger partial charge >= 0.3 is 0 Å². The molecule has 2 N–H and O–H groups in total. The van der Waals surface area contributed by atoms with Crippen molar-refractivity contribution in [3.05, 3.63) is 59.7 Å². The van der Waals surface area contributed by atoms with Crippen LogP contribution in [0.5, 0.6) is 0 Å². The first-order chi connectivity index (χ1) is 13.2. The lowest BCUT2D eigenvalue weighted by Gasteiger charge is -2.31. The zero-order valence-electron chi connectivity index (χ0n) is 15.8. The molecule has 0 saturated carbocycles. The molecule has 0 spiro atoms. The second-order valence-electron chi connectivity index (χ2n) is 7.15. The van der Waals surface area contributed by atoms with E-state index in [-0.39, 0.29) is 0 Å². The van der Waals surface area contributed by atoms with Crippen molar-refractivity contribution in [1.29, 1.82) is 0 Å². The average Bonchev–Trinajstić information content (AvgIpc) is 3.14. The van der Waals surface area contributed by atoms with Gasteiger partial charge in [0.2, 0.25) is 0 Å². The third kappa shape index (κ3) is 4.49. The van der Waals surface area contributed by atoms with Crippen LogP contribution in [0.15, 0.2) is 36.7 Å². The number of hydrogen-bond donors (Lipinski definition) is 2. The lowest BCUT2D eigenvalue weighted by Crippen LogP contribution is -2.35. The molecule has 0 radical (unpaired) electrons. The van der Waals surface area contributed by atoms with E-state index in [4.69, 9.17) is 9.97 Å². The number of aryl methyl sites for hydroxylation is 2. The largest absolute Gasteiger partial charge is 0.348 e. The lowest BCUT2D eigenvalue weighted by molar-refractivity contribution is 0.192. The predicted octanol–water partition coefficient (Wildman–Crippen LogP) is 3.33. The summed E-state index contributed by atoms with van der Waals surface area (Å²) in [6.45, 7) is 6.88. The fourth-order valence-corrected chi connectivity index (χ4v) is 3.59. The van der Waals surface area contributed by atoms with Gasteiger partial charge in [-0.2, -0.15) is 0 Å². The van der Waals surface area contributed by atoms with E-state index in [2.05, 4.69) is 25.2 Å². The van der Waals surface area contributed by atoms with Gasteiger partial charge in [-0.25, -0.2) is 19.9 Å². The molecule has 3 aromatic heterocycles. The third-order valence-corrected chi connectivity index (χ3v) is 4.81. The quantitative estimate of drug-likeness (QED) is 0.723. The number of aromatic nitrogens is 5. The molecule has 4 rings (SSSR count). The number of likely N-dealkylation sites (tertiary alicyclic amines) is 1. The van der Waals surface area contributed by atoms with Gasteiger partial charge in [-0.1, -0.05) is 6.07 Å². The summed E-state index contributed by atoms with van der Waals surface area (Å²) in [5, 5.41) is 3.32. The Morgan fingerprint density at radius 2 is 2.07 bits per heavy atom. The number of anilines is 2. The van der Waals surface area contributed by atoms with E-state index < -0.39 is 0 Å². The molecule has 0 bridgehead atoms. The summed E-state index contributed by atoms with van der Waals surface area (Å²) in [6, 6.07) is 7.90. The van der Waals surface area contributed by atoms with E-state index >= 15 is 0 Å². The summed E-state index contributed by atoms with van der Waals surface area (Å²) >= 11 is 0. The van der Waals surface area contributed by atoms with Gasteiger partial charge in [-0.3, -0.25) is 4.90 Å². The van der Waals surface area contributed by atoms with Crippen molar-refractivity contribution < 1.29 is 0 Å². The Balaban J connectivity index is 1.50. The fourth-order valence-electron chi connectivity index (χ4n) is 3.59. The Kier molecular flexibility index (Phi) is 5.11. The number of hydrogen-bond acceptors (Lipinski definition) is 6. The van der Waals surface area contributed by atoms with Crippen molar-refractivity contribution in [2.45, 2.75) is 39.2 Å². The highest BCUT2D eigenvalue weighted by Crippen LogP contribution is 2.27. The molecular weight excluding hydrogens is 338 g/mol. The van der Waals surface area contributed by atoms with E-state index in [0.29, 0.717) is 5.92 Å². The smallest absolute Gasteiger partial charge is 0.135 e. The summed E-state index contributed by atoms with van der Waals surface area (Å²) < 4.78 is 0. The molecule has 0 aliphatic carbocycles. The molecule has 1 atom stereocenters. The van der Waals surface area contributed by atoms with Gasteiger partial charge in [0, 0.05) is 42.3 Å². The summed E-state index contributed by atoms with van der Waals surface area (Å²) in [5.74, 6) is 3.86. The number of nitrogens with zero attached hydrogens (tertiary/aromatic N) is 5. The minimum absolute atomic E-state index is 0.333. The SMILES string of the molecule is Cc1cccc(Nc2cc(C)nc([C@@H]3CCCN(Cc4ncc[nH]4)C3)n2)n1. The number of nitrogens with one attached hydrogen (secondary N) is 2. The van der Waals surface area contributed by atoms with E-state index in [0.717, 1.165) is 67.1 Å². The van der Waals surface area contributed by atoms with Crippen molar-refractivity contribution >= 4 is 11.6 Å². The number of pyridine rings is 1. The second kappa shape index (κ2) is 7.84. The molecule has 7 nitrogen and oxygen atoms in total. The molecule has 1 saturated heterocycles. The van der Waals surface area contributed by atoms with Gasteiger partial charge in [0.25, 0.3) is 0 Å². The topological polar surface area (TPSA) is 82.6 Å². The van der Waals surface area contributed by atoms with Gasteiger partial charge in [0.15, 0.2) is 0 Å². The van der Waals surface area contributed by atoms with E-state index in [1.807, 2.05) is 44.3 Å². The monoisotopic (exact) mass is 363 g/mol. The molecule has 27 heavy (non-hydrogen) atoms. The zero-order chi connectivity index (χ0) is 18.6. The minimum atomic E-state index is 0.333. The van der Waals surface area contributed by atoms with E-state index in [1.54, 1.807) is 6.20 Å². The van der Waals surface area contributed by atoms with Crippen LogP contribution in [-0.4, -0.2) is 42.9 Å². The van der Waals surface area contributed by atoms with Crippen molar-refractivity contribution in [2.24, 2.45) is 0 Å². The van der Waals surface area contributed by atoms with Crippen LogP contribution in [0, 0.1) is 13.8 Å². The molecular formula is C20H25N7. The molecule has 0 aromatic carbocycles. The summed E-state index contributed by atoms with van der Waals surface area (Å²) in [4.78, 5) is 24.0. The Labute approximate surface area is 159 Å². The molecule has 0 unspecified atom stereocenters. The van der Waals surface area contributed by atoms with Gasteiger partial charge < -0.3 is 10.3 Å². The average molecular weight is 363 g/mol. The van der Waals surface area contributed by atoms with Crippen LogP contribution in [0.25, 0.3) is 0 Å².